The van der Waals surface area contributed by atoms with Crippen LogP contribution in [0.25, 0.3) is 0 Å². The number of carbonyl (C=O) groups excluding carboxylic acids is 1. The van der Waals surface area contributed by atoms with Crippen LogP contribution in [0.4, 0.5) is 13.2 Å². The van der Waals surface area contributed by atoms with Gasteiger partial charge in [0.15, 0.2) is 5.69 Å². The van der Waals surface area contributed by atoms with E-state index < -0.39 is 23.9 Å². The lowest BCUT2D eigenvalue weighted by atomic mass is 10.3. The molecule has 0 fully saturated rings. The lowest BCUT2D eigenvalue weighted by Gasteiger charge is -2.14. The lowest BCUT2D eigenvalue weighted by Crippen LogP contribution is -2.36. The van der Waals surface area contributed by atoms with Gasteiger partial charge in [-0.1, -0.05) is 0 Å². The summed E-state index contributed by atoms with van der Waals surface area (Å²) in [5.74, 6) is -1.44. The molecular weight excluding hydrogens is 343 g/mol. The second-order valence-electron chi connectivity index (χ2n) is 5.44. The molecule has 0 saturated carbocycles. The number of nitrogens with one attached hydrogen (secondary N) is 1. The van der Waals surface area contributed by atoms with Crippen LogP contribution in [0.15, 0.2) is 24.7 Å². The van der Waals surface area contributed by atoms with Crippen LogP contribution in [-0.2, 0) is 24.1 Å². The van der Waals surface area contributed by atoms with Gasteiger partial charge in [0, 0.05) is 31.4 Å². The number of halogens is 3. The first-order valence-corrected chi connectivity index (χ1v) is 7.31. The van der Waals surface area contributed by atoms with Gasteiger partial charge >= 0.3 is 12.1 Å². The van der Waals surface area contributed by atoms with Crippen molar-refractivity contribution in [2.45, 2.75) is 38.7 Å². The lowest BCUT2D eigenvalue weighted by molar-refractivity contribution is -0.141. The van der Waals surface area contributed by atoms with E-state index in [1.807, 2.05) is 0 Å². The zero-order valence-electron chi connectivity index (χ0n) is 13.2. The zero-order valence-corrected chi connectivity index (χ0v) is 13.2. The number of carbonyl (C=O) groups is 2. The molecule has 11 heteroatoms. The molecule has 0 aromatic carbocycles. The van der Waals surface area contributed by atoms with Crippen LogP contribution in [0.5, 0.6) is 0 Å². The molecule has 1 unspecified atom stereocenters. The number of amides is 1. The molecule has 0 aliphatic rings. The van der Waals surface area contributed by atoms with Gasteiger partial charge < -0.3 is 10.4 Å². The number of carboxylic acid groups (broad SMARTS) is 1. The molecule has 0 saturated heterocycles. The van der Waals surface area contributed by atoms with Crippen molar-refractivity contribution in [2.75, 3.05) is 0 Å². The van der Waals surface area contributed by atoms with E-state index in [0.29, 0.717) is 0 Å². The number of hydrogen-bond donors (Lipinski definition) is 2. The van der Waals surface area contributed by atoms with E-state index in [-0.39, 0.29) is 31.0 Å². The van der Waals surface area contributed by atoms with Gasteiger partial charge in [-0.3, -0.25) is 14.2 Å². The average molecular weight is 359 g/mol. The summed E-state index contributed by atoms with van der Waals surface area (Å²) in [5, 5.41) is 18.6. The predicted molar refractivity (Wildman–Crippen MR) is 78.6 cm³/mol. The van der Waals surface area contributed by atoms with E-state index in [1.54, 1.807) is 6.92 Å². The van der Waals surface area contributed by atoms with Crippen LogP contribution >= 0.6 is 0 Å². The predicted octanol–water partition coefficient (Wildman–Crippen LogP) is 1.39. The largest absolute Gasteiger partial charge is 0.478 e. The van der Waals surface area contributed by atoms with Crippen molar-refractivity contribution in [3.05, 3.63) is 35.9 Å². The summed E-state index contributed by atoms with van der Waals surface area (Å²) in [4.78, 5) is 22.6. The maximum absolute atomic E-state index is 12.5. The number of carboxylic acids is 1. The average Bonchev–Trinajstić information content (AvgIpc) is 3.13. The fourth-order valence-corrected chi connectivity index (χ4v) is 2.10. The van der Waals surface area contributed by atoms with Crippen LogP contribution in [0.2, 0.25) is 0 Å². The highest BCUT2D eigenvalue weighted by Gasteiger charge is 2.33. The van der Waals surface area contributed by atoms with Crippen LogP contribution in [0.3, 0.4) is 0 Å². The highest BCUT2D eigenvalue weighted by atomic mass is 19.4. The minimum Gasteiger partial charge on any atom is -0.478 e. The quantitative estimate of drug-likeness (QED) is 0.778. The summed E-state index contributed by atoms with van der Waals surface area (Å²) >= 11 is 0. The minimum atomic E-state index is -4.50. The Balaban J connectivity index is 1.79. The molecule has 2 aromatic rings. The highest BCUT2D eigenvalue weighted by molar-refractivity contribution is 5.86. The molecule has 0 aliphatic carbocycles. The molecule has 2 N–H and O–H groups in total. The van der Waals surface area contributed by atoms with E-state index >= 15 is 0 Å². The van der Waals surface area contributed by atoms with Crippen molar-refractivity contribution < 1.29 is 27.9 Å². The Morgan fingerprint density at radius 2 is 2.08 bits per heavy atom. The number of aryl methyl sites for hydroxylation is 1. The molecule has 1 atom stereocenters. The van der Waals surface area contributed by atoms with Crippen LogP contribution in [0, 0.1) is 0 Å². The monoisotopic (exact) mass is 359 g/mol. The van der Waals surface area contributed by atoms with Crippen molar-refractivity contribution in [3.8, 4) is 0 Å². The molecule has 2 heterocycles. The van der Waals surface area contributed by atoms with Crippen molar-refractivity contribution in [3.63, 3.8) is 0 Å². The van der Waals surface area contributed by atoms with Crippen molar-refractivity contribution in [1.29, 1.82) is 0 Å². The number of alkyl halides is 3. The summed E-state index contributed by atoms with van der Waals surface area (Å²) in [7, 11) is 0. The highest BCUT2D eigenvalue weighted by Crippen LogP contribution is 2.27. The van der Waals surface area contributed by atoms with Gasteiger partial charge in [0.05, 0.1) is 18.3 Å². The number of rotatable bonds is 7. The van der Waals surface area contributed by atoms with Crippen molar-refractivity contribution >= 4 is 11.9 Å². The Morgan fingerprint density at radius 3 is 2.64 bits per heavy atom. The number of aromatic carboxylic acids is 1. The Bertz CT molecular complexity index is 753. The summed E-state index contributed by atoms with van der Waals surface area (Å²) < 4.78 is 39.9. The SMILES string of the molecule is CC(Cn1ccc(C(F)(F)F)n1)NC(=O)CCn1cc(C(=O)O)cn1. The van der Waals surface area contributed by atoms with Crippen LogP contribution in [0.1, 0.15) is 29.4 Å². The third-order valence-electron chi connectivity index (χ3n) is 3.25. The van der Waals surface area contributed by atoms with Crippen molar-refractivity contribution in [2.24, 2.45) is 0 Å². The first-order valence-electron chi connectivity index (χ1n) is 7.31. The molecule has 25 heavy (non-hydrogen) atoms. The molecule has 2 aromatic heterocycles. The Kier molecular flexibility index (Phi) is 5.45. The van der Waals surface area contributed by atoms with E-state index in [4.69, 9.17) is 5.11 Å². The third kappa shape index (κ3) is 5.33. The third-order valence-corrected chi connectivity index (χ3v) is 3.25. The summed E-state index contributed by atoms with van der Waals surface area (Å²) in [5.41, 5.74) is -0.966. The number of aromatic nitrogens is 4. The van der Waals surface area contributed by atoms with E-state index in [1.165, 1.54) is 23.3 Å². The van der Waals surface area contributed by atoms with E-state index in [0.717, 1.165) is 10.7 Å². The first-order chi connectivity index (χ1) is 11.6. The van der Waals surface area contributed by atoms with Crippen molar-refractivity contribution in [1.82, 2.24) is 24.9 Å². The van der Waals surface area contributed by atoms with Gasteiger partial charge in [-0.25, -0.2) is 4.79 Å². The van der Waals surface area contributed by atoms with Gasteiger partial charge in [-0.2, -0.15) is 23.4 Å². The molecule has 0 bridgehead atoms. The Hall–Kier alpha value is -2.85. The summed E-state index contributed by atoms with van der Waals surface area (Å²) in [6, 6.07) is 0.437. The standard InChI is InChI=1S/C14H16F3N5O3/c1-9(7-22-4-2-11(20-22)14(15,16)17)19-12(23)3-5-21-8-10(6-18-21)13(24)25/h2,4,6,8-9H,3,5,7H2,1H3,(H,19,23)(H,24,25). The number of hydrogen-bond acceptors (Lipinski definition) is 4. The normalized spacial score (nSPS) is 12.8. The number of nitrogens with zero attached hydrogens (tertiary/aromatic N) is 4. The molecule has 0 radical (unpaired) electrons. The topological polar surface area (TPSA) is 102 Å². The maximum atomic E-state index is 12.5. The molecule has 8 nitrogen and oxygen atoms in total. The fourth-order valence-electron chi connectivity index (χ4n) is 2.10. The molecule has 136 valence electrons. The van der Waals surface area contributed by atoms with Gasteiger partial charge in [0.2, 0.25) is 5.91 Å². The van der Waals surface area contributed by atoms with Gasteiger partial charge in [0.1, 0.15) is 0 Å². The van der Waals surface area contributed by atoms with Gasteiger partial charge in [-0.15, -0.1) is 0 Å². The van der Waals surface area contributed by atoms with Gasteiger partial charge in [-0.05, 0) is 13.0 Å². The Morgan fingerprint density at radius 1 is 1.36 bits per heavy atom. The molecule has 2 rings (SSSR count). The molecule has 1 amide bonds. The molecule has 0 aliphatic heterocycles. The van der Waals surface area contributed by atoms with E-state index in [2.05, 4.69) is 15.5 Å². The minimum absolute atomic E-state index is 0.0212. The second-order valence-corrected chi connectivity index (χ2v) is 5.44. The summed E-state index contributed by atoms with van der Waals surface area (Å²) in [6.45, 7) is 1.92. The molecular formula is C14H16F3N5O3. The fraction of sp³-hybridized carbons (Fsp3) is 0.429. The van der Waals surface area contributed by atoms with Crippen LogP contribution in [-0.4, -0.2) is 42.6 Å². The smallest absolute Gasteiger partial charge is 0.435 e. The van der Waals surface area contributed by atoms with E-state index in [9.17, 15) is 22.8 Å². The second kappa shape index (κ2) is 7.36. The Labute approximate surface area is 140 Å². The zero-order chi connectivity index (χ0) is 18.6. The van der Waals surface area contributed by atoms with Gasteiger partial charge in [0.25, 0.3) is 0 Å². The molecule has 0 spiro atoms. The summed E-state index contributed by atoms with van der Waals surface area (Å²) in [6.07, 6.45) is -0.767. The van der Waals surface area contributed by atoms with Crippen LogP contribution < -0.4 is 5.32 Å². The first kappa shape index (κ1) is 18.5. The maximum Gasteiger partial charge on any atom is 0.435 e.